The van der Waals surface area contributed by atoms with Crippen LogP contribution in [0.25, 0.3) is 11.3 Å². The van der Waals surface area contributed by atoms with Crippen LogP contribution in [-0.4, -0.2) is 9.97 Å². The number of aromatic nitrogens is 2. The molecule has 1 aromatic carbocycles. The Bertz CT molecular complexity index is 421. The molecule has 0 atom stereocenters. The lowest BCUT2D eigenvalue weighted by Gasteiger charge is -1.96. The summed E-state index contributed by atoms with van der Waals surface area (Å²) in [5.41, 5.74) is 4.35. The van der Waals surface area contributed by atoms with E-state index in [9.17, 15) is 0 Å². The molecule has 2 rings (SSSR count). The summed E-state index contributed by atoms with van der Waals surface area (Å²) in [6.07, 6.45) is 1.71. The highest BCUT2D eigenvalue weighted by atomic mass is 35.5. The van der Waals surface area contributed by atoms with Gasteiger partial charge in [0.15, 0.2) is 0 Å². The standard InChI is InChI=1S/C9H9ClN4/c10-7-3-1-6(2-4-7)8-5-12-9(13-8)14-11/h1-5H,11H2,(H2,12,13,14). The van der Waals surface area contributed by atoms with Crippen LogP contribution in [0, 0.1) is 0 Å². The molecule has 0 aliphatic heterocycles. The molecule has 14 heavy (non-hydrogen) atoms. The number of rotatable bonds is 2. The van der Waals surface area contributed by atoms with Gasteiger partial charge in [-0.1, -0.05) is 23.7 Å². The Hall–Kier alpha value is -1.52. The normalized spacial score (nSPS) is 10.1. The van der Waals surface area contributed by atoms with Crippen LogP contribution >= 0.6 is 11.6 Å². The molecule has 0 saturated heterocycles. The largest absolute Gasteiger partial charge is 0.323 e. The van der Waals surface area contributed by atoms with E-state index in [0.29, 0.717) is 11.0 Å². The molecule has 0 amide bonds. The monoisotopic (exact) mass is 208 g/mol. The van der Waals surface area contributed by atoms with Gasteiger partial charge in [0, 0.05) is 5.02 Å². The number of halogens is 1. The van der Waals surface area contributed by atoms with Crippen LogP contribution in [0.2, 0.25) is 5.02 Å². The molecule has 0 spiro atoms. The third-order valence-electron chi connectivity index (χ3n) is 1.87. The Kier molecular flexibility index (Phi) is 2.39. The quantitative estimate of drug-likeness (QED) is 0.523. The van der Waals surface area contributed by atoms with Gasteiger partial charge in [-0.25, -0.2) is 10.8 Å². The summed E-state index contributed by atoms with van der Waals surface area (Å²) in [5.74, 6) is 5.74. The van der Waals surface area contributed by atoms with Gasteiger partial charge in [0.05, 0.1) is 11.9 Å². The Morgan fingerprint density at radius 2 is 2.00 bits per heavy atom. The first kappa shape index (κ1) is 9.05. The lowest BCUT2D eigenvalue weighted by atomic mass is 10.2. The first-order chi connectivity index (χ1) is 6.79. The van der Waals surface area contributed by atoms with Gasteiger partial charge >= 0.3 is 0 Å². The zero-order chi connectivity index (χ0) is 9.97. The van der Waals surface area contributed by atoms with Crippen molar-refractivity contribution in [1.82, 2.24) is 9.97 Å². The number of nitrogens with two attached hydrogens (primary N) is 1. The fourth-order valence-electron chi connectivity index (χ4n) is 1.17. The summed E-state index contributed by atoms with van der Waals surface area (Å²) in [4.78, 5) is 7.02. The van der Waals surface area contributed by atoms with E-state index in [0.717, 1.165) is 11.3 Å². The van der Waals surface area contributed by atoms with Gasteiger partial charge in [-0.15, -0.1) is 0 Å². The van der Waals surface area contributed by atoms with Crippen LogP contribution in [0.1, 0.15) is 0 Å². The van der Waals surface area contributed by atoms with Crippen molar-refractivity contribution in [1.29, 1.82) is 0 Å². The minimum Gasteiger partial charge on any atom is -0.323 e. The van der Waals surface area contributed by atoms with Crippen LogP contribution in [0.5, 0.6) is 0 Å². The number of imidazole rings is 1. The van der Waals surface area contributed by atoms with Gasteiger partial charge in [0.25, 0.3) is 0 Å². The molecule has 72 valence electrons. The summed E-state index contributed by atoms with van der Waals surface area (Å²) in [6, 6.07) is 7.48. The van der Waals surface area contributed by atoms with Crippen molar-refractivity contribution in [3.8, 4) is 11.3 Å². The lowest BCUT2D eigenvalue weighted by Crippen LogP contribution is -2.07. The number of nitrogens with one attached hydrogen (secondary N) is 2. The second-order valence-corrected chi connectivity index (χ2v) is 3.23. The second-order valence-electron chi connectivity index (χ2n) is 2.80. The molecule has 0 radical (unpaired) electrons. The maximum absolute atomic E-state index is 5.77. The van der Waals surface area contributed by atoms with Crippen molar-refractivity contribution in [2.45, 2.75) is 0 Å². The molecule has 0 saturated carbocycles. The molecule has 4 nitrogen and oxygen atoms in total. The topological polar surface area (TPSA) is 66.7 Å². The number of hydrogen-bond acceptors (Lipinski definition) is 3. The number of nitrogens with zero attached hydrogens (tertiary/aromatic N) is 1. The maximum Gasteiger partial charge on any atom is 0.215 e. The van der Waals surface area contributed by atoms with Gasteiger partial charge in [0.2, 0.25) is 5.95 Å². The number of nitrogen functional groups attached to an aromatic ring is 1. The summed E-state index contributed by atoms with van der Waals surface area (Å²) >= 11 is 5.77. The molecule has 4 N–H and O–H groups in total. The first-order valence-electron chi connectivity index (χ1n) is 4.07. The Morgan fingerprint density at radius 1 is 1.29 bits per heavy atom. The van der Waals surface area contributed by atoms with Crippen molar-refractivity contribution >= 4 is 17.5 Å². The van der Waals surface area contributed by atoms with E-state index in [1.165, 1.54) is 0 Å². The molecule has 1 heterocycles. The molecular formula is C9H9ClN4. The van der Waals surface area contributed by atoms with Crippen molar-refractivity contribution in [3.05, 3.63) is 35.5 Å². The summed E-state index contributed by atoms with van der Waals surface area (Å²) in [7, 11) is 0. The van der Waals surface area contributed by atoms with E-state index in [4.69, 9.17) is 17.4 Å². The smallest absolute Gasteiger partial charge is 0.215 e. The highest BCUT2D eigenvalue weighted by Gasteiger charge is 2.01. The molecule has 5 heteroatoms. The Morgan fingerprint density at radius 3 is 2.57 bits per heavy atom. The fraction of sp³-hybridized carbons (Fsp3) is 0. The number of hydrazine groups is 1. The van der Waals surface area contributed by atoms with E-state index in [1.807, 2.05) is 24.3 Å². The van der Waals surface area contributed by atoms with Crippen molar-refractivity contribution in [2.24, 2.45) is 5.84 Å². The van der Waals surface area contributed by atoms with E-state index >= 15 is 0 Å². The lowest BCUT2D eigenvalue weighted by molar-refractivity contribution is 1.20. The van der Waals surface area contributed by atoms with Crippen LogP contribution in [0.4, 0.5) is 5.95 Å². The van der Waals surface area contributed by atoms with Gasteiger partial charge in [-0.2, -0.15) is 0 Å². The predicted octanol–water partition coefficient (Wildman–Crippen LogP) is 2.02. The number of benzene rings is 1. The van der Waals surface area contributed by atoms with E-state index < -0.39 is 0 Å². The third kappa shape index (κ3) is 1.71. The van der Waals surface area contributed by atoms with Crippen LogP contribution in [-0.2, 0) is 0 Å². The molecular weight excluding hydrogens is 200 g/mol. The van der Waals surface area contributed by atoms with Gasteiger partial charge in [-0.05, 0) is 17.7 Å². The summed E-state index contributed by atoms with van der Waals surface area (Å²) in [5, 5.41) is 0.713. The van der Waals surface area contributed by atoms with Gasteiger partial charge < -0.3 is 4.98 Å². The molecule has 0 unspecified atom stereocenters. The van der Waals surface area contributed by atoms with E-state index in [-0.39, 0.29) is 0 Å². The Balaban J connectivity index is 2.34. The average Bonchev–Trinajstić information content (AvgIpc) is 2.67. The maximum atomic E-state index is 5.77. The fourth-order valence-corrected chi connectivity index (χ4v) is 1.30. The summed E-state index contributed by atoms with van der Waals surface area (Å²) in [6.45, 7) is 0. The summed E-state index contributed by atoms with van der Waals surface area (Å²) < 4.78 is 0. The van der Waals surface area contributed by atoms with Crippen molar-refractivity contribution in [3.63, 3.8) is 0 Å². The van der Waals surface area contributed by atoms with Crippen molar-refractivity contribution < 1.29 is 0 Å². The van der Waals surface area contributed by atoms with E-state index in [2.05, 4.69) is 15.4 Å². The zero-order valence-corrected chi connectivity index (χ0v) is 8.05. The minimum absolute atomic E-state index is 0.537. The highest BCUT2D eigenvalue weighted by molar-refractivity contribution is 6.30. The van der Waals surface area contributed by atoms with Crippen LogP contribution in [0.3, 0.4) is 0 Å². The molecule has 0 aliphatic carbocycles. The number of H-pyrrole nitrogens is 1. The van der Waals surface area contributed by atoms with Crippen LogP contribution in [0.15, 0.2) is 30.5 Å². The Labute approximate surface area is 86.1 Å². The molecule has 0 bridgehead atoms. The molecule has 0 fully saturated rings. The average molecular weight is 209 g/mol. The molecule has 1 aromatic heterocycles. The number of aromatic amines is 1. The van der Waals surface area contributed by atoms with Gasteiger partial charge in [-0.3, -0.25) is 5.43 Å². The first-order valence-corrected chi connectivity index (χ1v) is 4.45. The van der Waals surface area contributed by atoms with Crippen LogP contribution < -0.4 is 11.3 Å². The SMILES string of the molecule is NNc1ncc(-c2ccc(Cl)cc2)[nH]1. The van der Waals surface area contributed by atoms with Gasteiger partial charge in [0.1, 0.15) is 0 Å². The number of hydrogen-bond donors (Lipinski definition) is 3. The second kappa shape index (κ2) is 3.69. The highest BCUT2D eigenvalue weighted by Crippen LogP contribution is 2.20. The number of anilines is 1. The van der Waals surface area contributed by atoms with Crippen molar-refractivity contribution in [2.75, 3.05) is 5.43 Å². The molecule has 0 aliphatic rings. The zero-order valence-electron chi connectivity index (χ0n) is 7.29. The third-order valence-corrected chi connectivity index (χ3v) is 2.12. The minimum atomic E-state index is 0.537. The van der Waals surface area contributed by atoms with E-state index in [1.54, 1.807) is 6.20 Å². The predicted molar refractivity (Wildman–Crippen MR) is 56.8 cm³/mol. The molecule has 2 aromatic rings.